The molecule has 0 unspecified atom stereocenters. The zero-order chi connectivity index (χ0) is 10.8. The van der Waals surface area contributed by atoms with Gasteiger partial charge in [-0.2, -0.15) is 0 Å². The molecule has 0 saturated carbocycles. The lowest BCUT2D eigenvalue weighted by Gasteiger charge is -2.07. The SMILES string of the molecule is Cc1cc(C)cc(C#CC(C)(C)C)c1. The molecule has 0 fully saturated rings. The van der Waals surface area contributed by atoms with Crippen LogP contribution in [0, 0.1) is 31.1 Å². The summed E-state index contributed by atoms with van der Waals surface area (Å²) in [7, 11) is 0. The highest BCUT2D eigenvalue weighted by molar-refractivity contribution is 5.40. The molecule has 0 saturated heterocycles. The van der Waals surface area contributed by atoms with E-state index in [-0.39, 0.29) is 5.41 Å². The van der Waals surface area contributed by atoms with Crippen molar-refractivity contribution in [2.24, 2.45) is 5.41 Å². The van der Waals surface area contributed by atoms with Crippen LogP contribution in [0.2, 0.25) is 0 Å². The fourth-order valence-corrected chi connectivity index (χ4v) is 1.31. The molecule has 0 aliphatic heterocycles. The number of hydrogen-bond acceptors (Lipinski definition) is 0. The van der Waals surface area contributed by atoms with Crippen LogP contribution in [0.5, 0.6) is 0 Å². The van der Waals surface area contributed by atoms with E-state index >= 15 is 0 Å². The molecule has 1 aromatic rings. The Hall–Kier alpha value is -1.22. The van der Waals surface area contributed by atoms with Gasteiger partial charge < -0.3 is 0 Å². The molecular formula is C14H18. The summed E-state index contributed by atoms with van der Waals surface area (Å²) in [5.74, 6) is 6.46. The molecule has 74 valence electrons. The van der Waals surface area contributed by atoms with Crippen LogP contribution < -0.4 is 0 Å². The minimum Gasteiger partial charge on any atom is -0.0920 e. The molecule has 0 atom stereocenters. The van der Waals surface area contributed by atoms with Crippen molar-refractivity contribution in [1.29, 1.82) is 0 Å². The minimum absolute atomic E-state index is 0.0810. The zero-order valence-corrected chi connectivity index (χ0v) is 9.73. The molecule has 0 aliphatic carbocycles. The second-order valence-corrected chi connectivity index (χ2v) is 4.88. The van der Waals surface area contributed by atoms with Gasteiger partial charge in [0, 0.05) is 11.0 Å². The Morgan fingerprint density at radius 3 is 1.86 bits per heavy atom. The van der Waals surface area contributed by atoms with Crippen molar-refractivity contribution in [2.75, 3.05) is 0 Å². The van der Waals surface area contributed by atoms with Gasteiger partial charge in [-0.3, -0.25) is 0 Å². The van der Waals surface area contributed by atoms with E-state index in [1.165, 1.54) is 11.1 Å². The average Bonchev–Trinajstić information content (AvgIpc) is 1.97. The van der Waals surface area contributed by atoms with Crippen LogP contribution in [0.25, 0.3) is 0 Å². The molecular weight excluding hydrogens is 168 g/mol. The Balaban J connectivity index is 3.02. The topological polar surface area (TPSA) is 0 Å². The second-order valence-electron chi connectivity index (χ2n) is 4.88. The zero-order valence-electron chi connectivity index (χ0n) is 9.73. The fraction of sp³-hybridized carbons (Fsp3) is 0.429. The first-order valence-electron chi connectivity index (χ1n) is 4.98. The van der Waals surface area contributed by atoms with Gasteiger partial charge in [-0.05, 0) is 57.9 Å². The van der Waals surface area contributed by atoms with Gasteiger partial charge in [-0.25, -0.2) is 0 Å². The summed E-state index contributed by atoms with van der Waals surface area (Å²) in [5.41, 5.74) is 3.77. The summed E-state index contributed by atoms with van der Waals surface area (Å²) in [6.45, 7) is 10.6. The predicted octanol–water partition coefficient (Wildman–Crippen LogP) is 3.70. The van der Waals surface area contributed by atoms with E-state index in [2.05, 4.69) is 64.7 Å². The third-order valence-corrected chi connectivity index (χ3v) is 1.80. The lowest BCUT2D eigenvalue weighted by atomic mass is 9.97. The Labute approximate surface area is 87.4 Å². The smallest absolute Gasteiger partial charge is 0.0250 e. The van der Waals surface area contributed by atoms with E-state index in [4.69, 9.17) is 0 Å². The van der Waals surface area contributed by atoms with Crippen LogP contribution in [0.1, 0.15) is 37.5 Å². The van der Waals surface area contributed by atoms with Gasteiger partial charge in [-0.1, -0.05) is 17.9 Å². The van der Waals surface area contributed by atoms with Crippen molar-refractivity contribution in [3.63, 3.8) is 0 Å². The number of rotatable bonds is 0. The Morgan fingerprint density at radius 2 is 1.43 bits per heavy atom. The van der Waals surface area contributed by atoms with Gasteiger partial charge in [0.2, 0.25) is 0 Å². The largest absolute Gasteiger partial charge is 0.0920 e. The molecule has 0 heterocycles. The fourth-order valence-electron chi connectivity index (χ4n) is 1.31. The van der Waals surface area contributed by atoms with E-state index < -0.39 is 0 Å². The van der Waals surface area contributed by atoms with Gasteiger partial charge in [0.05, 0.1) is 0 Å². The van der Waals surface area contributed by atoms with Crippen LogP contribution >= 0.6 is 0 Å². The van der Waals surface area contributed by atoms with Crippen molar-refractivity contribution in [3.05, 3.63) is 34.9 Å². The maximum absolute atomic E-state index is 3.24. The summed E-state index contributed by atoms with van der Waals surface area (Å²) in [5, 5.41) is 0. The highest BCUT2D eigenvalue weighted by Crippen LogP contribution is 2.12. The molecule has 0 aromatic heterocycles. The average molecular weight is 186 g/mol. The van der Waals surface area contributed by atoms with Crippen LogP contribution in [0.15, 0.2) is 18.2 Å². The number of benzene rings is 1. The molecule has 0 N–H and O–H groups in total. The monoisotopic (exact) mass is 186 g/mol. The van der Waals surface area contributed by atoms with Crippen molar-refractivity contribution in [3.8, 4) is 11.8 Å². The maximum atomic E-state index is 3.24. The van der Waals surface area contributed by atoms with E-state index in [0.717, 1.165) is 5.56 Å². The lowest BCUT2D eigenvalue weighted by molar-refractivity contribution is 0.571. The van der Waals surface area contributed by atoms with Gasteiger partial charge >= 0.3 is 0 Å². The first kappa shape index (κ1) is 10.9. The first-order chi connectivity index (χ1) is 6.37. The molecule has 0 spiro atoms. The van der Waals surface area contributed by atoms with E-state index in [1.807, 2.05) is 0 Å². The molecule has 0 nitrogen and oxygen atoms in total. The van der Waals surface area contributed by atoms with Gasteiger partial charge in [0.25, 0.3) is 0 Å². The summed E-state index contributed by atoms with van der Waals surface area (Å²) in [4.78, 5) is 0. The standard InChI is InChI=1S/C14H18/c1-11-8-12(2)10-13(9-11)6-7-14(3,4)5/h8-10H,1-5H3. The number of hydrogen-bond donors (Lipinski definition) is 0. The van der Waals surface area contributed by atoms with Crippen LogP contribution in [0.3, 0.4) is 0 Å². The van der Waals surface area contributed by atoms with Crippen molar-refractivity contribution < 1.29 is 0 Å². The summed E-state index contributed by atoms with van der Waals surface area (Å²) >= 11 is 0. The molecule has 0 heteroatoms. The summed E-state index contributed by atoms with van der Waals surface area (Å²) in [6.07, 6.45) is 0. The maximum Gasteiger partial charge on any atom is 0.0250 e. The van der Waals surface area contributed by atoms with Gasteiger partial charge in [0.15, 0.2) is 0 Å². The van der Waals surface area contributed by atoms with Gasteiger partial charge in [-0.15, -0.1) is 0 Å². The summed E-state index contributed by atoms with van der Waals surface area (Å²) in [6, 6.07) is 6.43. The van der Waals surface area contributed by atoms with E-state index in [9.17, 15) is 0 Å². The predicted molar refractivity (Wildman–Crippen MR) is 62.2 cm³/mol. The van der Waals surface area contributed by atoms with Crippen molar-refractivity contribution >= 4 is 0 Å². The minimum atomic E-state index is 0.0810. The van der Waals surface area contributed by atoms with E-state index in [0.29, 0.717) is 0 Å². The normalized spacial score (nSPS) is 10.6. The quantitative estimate of drug-likeness (QED) is 0.542. The van der Waals surface area contributed by atoms with Crippen molar-refractivity contribution in [1.82, 2.24) is 0 Å². The molecule has 0 bridgehead atoms. The van der Waals surface area contributed by atoms with Crippen molar-refractivity contribution in [2.45, 2.75) is 34.6 Å². The third-order valence-electron chi connectivity index (χ3n) is 1.80. The molecule has 0 aliphatic rings. The molecule has 1 rings (SSSR count). The lowest BCUT2D eigenvalue weighted by Crippen LogP contribution is -1.99. The molecule has 1 aromatic carbocycles. The third kappa shape index (κ3) is 3.66. The van der Waals surface area contributed by atoms with Crippen LogP contribution in [-0.2, 0) is 0 Å². The Kier molecular flexibility index (Phi) is 3.01. The second kappa shape index (κ2) is 3.88. The summed E-state index contributed by atoms with van der Waals surface area (Å²) < 4.78 is 0. The van der Waals surface area contributed by atoms with E-state index in [1.54, 1.807) is 0 Å². The molecule has 0 amide bonds. The molecule has 0 radical (unpaired) electrons. The van der Waals surface area contributed by atoms with Crippen LogP contribution in [-0.4, -0.2) is 0 Å². The Morgan fingerprint density at radius 1 is 0.929 bits per heavy atom. The Bertz CT molecular complexity index is 360. The van der Waals surface area contributed by atoms with Crippen LogP contribution in [0.4, 0.5) is 0 Å². The first-order valence-corrected chi connectivity index (χ1v) is 4.98. The van der Waals surface area contributed by atoms with Gasteiger partial charge in [0.1, 0.15) is 0 Å². The highest BCUT2D eigenvalue weighted by atomic mass is 14.1. The molecule has 14 heavy (non-hydrogen) atoms. The highest BCUT2D eigenvalue weighted by Gasteiger charge is 2.03. The number of aryl methyl sites for hydroxylation is 2.